The number of amides is 1. The van der Waals surface area contributed by atoms with E-state index in [1.807, 2.05) is 36.7 Å². The predicted octanol–water partition coefficient (Wildman–Crippen LogP) is 3.60. The molecular formula is C18H15N3O3S. The van der Waals surface area contributed by atoms with Crippen LogP contribution >= 0.6 is 11.3 Å². The smallest absolute Gasteiger partial charge is 0.272 e. The highest BCUT2D eigenvalue weighted by molar-refractivity contribution is 7.16. The van der Waals surface area contributed by atoms with Crippen molar-refractivity contribution in [2.24, 2.45) is 12.0 Å². The summed E-state index contributed by atoms with van der Waals surface area (Å²) in [5.74, 6) is -0.411. The van der Waals surface area contributed by atoms with Crippen LogP contribution in [0.5, 0.6) is 0 Å². The Balaban J connectivity index is 1.91. The lowest BCUT2D eigenvalue weighted by molar-refractivity contribution is -0.384. The first-order valence-corrected chi connectivity index (χ1v) is 8.34. The van der Waals surface area contributed by atoms with Gasteiger partial charge in [-0.05, 0) is 30.2 Å². The monoisotopic (exact) mass is 353 g/mol. The number of nitro groups is 1. The number of benzene rings is 2. The molecule has 0 unspecified atom stereocenters. The average Bonchev–Trinajstić information content (AvgIpc) is 2.90. The molecule has 1 aromatic heterocycles. The first kappa shape index (κ1) is 16.8. The molecule has 1 heterocycles. The number of carbonyl (C=O) groups excluding carboxylic acids is 1. The van der Waals surface area contributed by atoms with Crippen molar-refractivity contribution < 1.29 is 9.72 Å². The molecule has 0 aliphatic heterocycles. The van der Waals surface area contributed by atoms with Crippen LogP contribution in [0.2, 0.25) is 0 Å². The summed E-state index contributed by atoms with van der Waals surface area (Å²) in [4.78, 5) is 27.2. The number of nitro benzene ring substituents is 1. The molecule has 6 nitrogen and oxygen atoms in total. The van der Waals surface area contributed by atoms with Crippen LogP contribution in [0.1, 0.15) is 11.1 Å². The number of rotatable bonds is 3. The molecule has 7 heteroatoms. The number of nitrogens with zero attached hydrogens (tertiary/aromatic N) is 3. The van der Waals surface area contributed by atoms with Crippen molar-refractivity contribution in [3.05, 3.63) is 74.6 Å². The topological polar surface area (TPSA) is 77.5 Å². The summed E-state index contributed by atoms with van der Waals surface area (Å²) in [6.45, 7) is 2.02. The van der Waals surface area contributed by atoms with E-state index >= 15 is 0 Å². The molecule has 0 spiro atoms. The van der Waals surface area contributed by atoms with Gasteiger partial charge in [0, 0.05) is 25.3 Å². The minimum absolute atomic E-state index is 0.0158. The zero-order valence-corrected chi connectivity index (χ0v) is 14.5. The number of non-ortho nitro benzene ring substituents is 1. The van der Waals surface area contributed by atoms with Crippen LogP contribution in [0.25, 0.3) is 16.3 Å². The number of fused-ring (bicyclic) bond motifs is 1. The van der Waals surface area contributed by atoms with E-state index in [4.69, 9.17) is 0 Å². The van der Waals surface area contributed by atoms with Gasteiger partial charge in [0.05, 0.1) is 15.1 Å². The molecule has 0 fully saturated rings. The molecule has 1 amide bonds. The molecule has 0 radical (unpaired) electrons. The lowest BCUT2D eigenvalue weighted by Crippen LogP contribution is -2.12. The molecule has 0 aliphatic rings. The van der Waals surface area contributed by atoms with E-state index in [1.54, 1.807) is 12.1 Å². The molecule has 0 aliphatic carbocycles. The van der Waals surface area contributed by atoms with Gasteiger partial charge in [0.2, 0.25) is 0 Å². The Morgan fingerprint density at radius 1 is 1.28 bits per heavy atom. The average molecular weight is 353 g/mol. The lowest BCUT2D eigenvalue weighted by atomic mass is 10.2. The summed E-state index contributed by atoms with van der Waals surface area (Å²) in [5, 5.41) is 10.8. The van der Waals surface area contributed by atoms with Crippen LogP contribution in [0.3, 0.4) is 0 Å². The first-order chi connectivity index (χ1) is 12.0. The Labute approximate surface area is 147 Å². The summed E-state index contributed by atoms with van der Waals surface area (Å²) in [5.41, 5.74) is 2.74. The normalized spacial score (nSPS) is 12.2. The zero-order valence-electron chi connectivity index (χ0n) is 13.7. The summed E-state index contributed by atoms with van der Waals surface area (Å²) >= 11 is 1.45. The van der Waals surface area contributed by atoms with Gasteiger partial charge in [0.1, 0.15) is 0 Å². The Morgan fingerprint density at radius 3 is 2.76 bits per heavy atom. The fraction of sp³-hybridized carbons (Fsp3) is 0.111. The van der Waals surface area contributed by atoms with Gasteiger partial charge in [-0.15, -0.1) is 0 Å². The van der Waals surface area contributed by atoms with Crippen LogP contribution in [-0.2, 0) is 11.8 Å². The summed E-state index contributed by atoms with van der Waals surface area (Å²) in [7, 11) is 1.88. The van der Waals surface area contributed by atoms with Gasteiger partial charge in [-0.3, -0.25) is 14.9 Å². The van der Waals surface area contributed by atoms with Crippen LogP contribution in [0, 0.1) is 17.0 Å². The summed E-state index contributed by atoms with van der Waals surface area (Å²) in [6, 6.07) is 12.1. The highest BCUT2D eigenvalue weighted by Crippen LogP contribution is 2.19. The fourth-order valence-corrected chi connectivity index (χ4v) is 3.65. The third-order valence-electron chi connectivity index (χ3n) is 3.73. The molecule has 3 aromatic rings. The van der Waals surface area contributed by atoms with Crippen LogP contribution in [0.15, 0.2) is 53.5 Å². The Kier molecular flexibility index (Phi) is 4.58. The Morgan fingerprint density at radius 2 is 2.04 bits per heavy atom. The Hall–Kier alpha value is -3.06. The van der Waals surface area contributed by atoms with Gasteiger partial charge in [-0.1, -0.05) is 35.6 Å². The van der Waals surface area contributed by atoms with Crippen LogP contribution in [-0.4, -0.2) is 15.4 Å². The molecule has 0 bridgehead atoms. The van der Waals surface area contributed by atoms with E-state index in [9.17, 15) is 14.9 Å². The van der Waals surface area contributed by atoms with Crippen molar-refractivity contribution in [1.29, 1.82) is 0 Å². The number of thiazole rings is 1. The van der Waals surface area contributed by atoms with Crippen LogP contribution in [0.4, 0.5) is 5.69 Å². The standard InChI is InChI=1S/C18H15N3O3S/c1-12-5-3-8-15-17(12)20(2)18(25-15)19-16(22)10-9-13-6-4-7-14(11-13)21(23)24/h3-11H,1-2H3/b10-9+,19-18?. The largest absolute Gasteiger partial charge is 0.319 e. The molecule has 25 heavy (non-hydrogen) atoms. The maximum atomic E-state index is 12.1. The molecule has 0 atom stereocenters. The van der Waals surface area contributed by atoms with Crippen molar-refractivity contribution in [2.75, 3.05) is 0 Å². The van der Waals surface area contributed by atoms with Gasteiger partial charge >= 0.3 is 0 Å². The minimum atomic E-state index is -0.469. The highest BCUT2D eigenvalue weighted by Gasteiger charge is 2.06. The second kappa shape index (κ2) is 6.82. The number of hydrogen-bond donors (Lipinski definition) is 0. The third-order valence-corrected chi connectivity index (χ3v) is 4.83. The summed E-state index contributed by atoms with van der Waals surface area (Å²) < 4.78 is 2.96. The maximum Gasteiger partial charge on any atom is 0.272 e. The van der Waals surface area contributed by atoms with E-state index in [0.29, 0.717) is 10.4 Å². The quantitative estimate of drug-likeness (QED) is 0.410. The van der Waals surface area contributed by atoms with Crippen molar-refractivity contribution >= 4 is 39.2 Å². The van der Waals surface area contributed by atoms with E-state index in [2.05, 4.69) is 4.99 Å². The van der Waals surface area contributed by atoms with E-state index in [1.165, 1.54) is 35.6 Å². The predicted molar refractivity (Wildman–Crippen MR) is 98.2 cm³/mol. The van der Waals surface area contributed by atoms with Gasteiger partial charge in [0.15, 0.2) is 4.80 Å². The van der Waals surface area contributed by atoms with Crippen LogP contribution < -0.4 is 4.80 Å². The number of carbonyl (C=O) groups is 1. The third kappa shape index (κ3) is 3.56. The lowest BCUT2D eigenvalue weighted by Gasteiger charge is -1.98. The van der Waals surface area contributed by atoms with E-state index in [0.717, 1.165) is 15.8 Å². The highest BCUT2D eigenvalue weighted by atomic mass is 32.1. The zero-order chi connectivity index (χ0) is 18.0. The molecule has 3 rings (SSSR count). The minimum Gasteiger partial charge on any atom is -0.319 e. The van der Waals surface area contributed by atoms with Crippen molar-refractivity contribution in [3.8, 4) is 0 Å². The van der Waals surface area contributed by atoms with Gasteiger partial charge in [-0.25, -0.2) is 0 Å². The second-order valence-corrected chi connectivity index (χ2v) is 6.51. The van der Waals surface area contributed by atoms with E-state index in [-0.39, 0.29) is 5.69 Å². The van der Waals surface area contributed by atoms with Crippen molar-refractivity contribution in [2.45, 2.75) is 6.92 Å². The SMILES string of the molecule is Cc1cccc2sc(=NC(=O)/C=C/c3cccc([N+](=O)[O-])c3)n(C)c12. The molecule has 0 saturated carbocycles. The number of para-hydroxylation sites is 1. The van der Waals surface area contributed by atoms with Crippen molar-refractivity contribution in [1.82, 2.24) is 4.57 Å². The number of aryl methyl sites for hydroxylation is 2. The first-order valence-electron chi connectivity index (χ1n) is 7.52. The maximum absolute atomic E-state index is 12.1. The molecule has 126 valence electrons. The number of aromatic nitrogens is 1. The molecule has 2 aromatic carbocycles. The molecular weight excluding hydrogens is 338 g/mol. The van der Waals surface area contributed by atoms with Gasteiger partial charge in [0.25, 0.3) is 11.6 Å². The van der Waals surface area contributed by atoms with E-state index < -0.39 is 10.8 Å². The molecule has 0 saturated heterocycles. The fourth-order valence-electron chi connectivity index (χ4n) is 2.55. The molecule has 0 N–H and O–H groups in total. The van der Waals surface area contributed by atoms with Crippen molar-refractivity contribution in [3.63, 3.8) is 0 Å². The second-order valence-electron chi connectivity index (χ2n) is 5.50. The summed E-state index contributed by atoms with van der Waals surface area (Å²) in [6.07, 6.45) is 2.84. The Bertz CT molecular complexity index is 1080. The number of hydrogen-bond acceptors (Lipinski definition) is 4. The van der Waals surface area contributed by atoms with Gasteiger partial charge in [-0.2, -0.15) is 4.99 Å². The van der Waals surface area contributed by atoms with Gasteiger partial charge < -0.3 is 4.57 Å².